The second-order valence-corrected chi connectivity index (χ2v) is 5.22. The second kappa shape index (κ2) is 5.54. The van der Waals surface area contributed by atoms with Crippen LogP contribution in [0.3, 0.4) is 0 Å². The summed E-state index contributed by atoms with van der Waals surface area (Å²) in [4.78, 5) is 3.59. The summed E-state index contributed by atoms with van der Waals surface area (Å²) >= 11 is 7.85. The van der Waals surface area contributed by atoms with Crippen molar-refractivity contribution in [2.75, 3.05) is 0 Å². The molecule has 0 atom stereocenters. The Balaban J connectivity index is 2.24. The number of alkyl halides is 3. The molecule has 0 aliphatic rings. The molecule has 0 saturated carbocycles. The van der Waals surface area contributed by atoms with Crippen LogP contribution in [0.15, 0.2) is 36.5 Å². The topological polar surface area (TPSA) is 22.1 Å². The first-order valence-corrected chi connectivity index (χ1v) is 6.48. The summed E-state index contributed by atoms with van der Waals surface area (Å²) in [7, 11) is 0. The lowest BCUT2D eigenvalue weighted by Gasteiger charge is -2.10. The van der Waals surface area contributed by atoms with Gasteiger partial charge in [-0.15, -0.1) is 0 Å². The third kappa shape index (κ3) is 3.73. The molecule has 0 bridgehead atoms. The number of benzene rings is 1. The number of ether oxygens (including phenoxy) is 1. The van der Waals surface area contributed by atoms with Gasteiger partial charge >= 0.3 is 6.18 Å². The fourth-order valence-corrected chi connectivity index (χ4v) is 1.83. The van der Waals surface area contributed by atoms with E-state index in [-0.39, 0.29) is 10.9 Å². The largest absolute Gasteiger partial charge is 0.438 e. The van der Waals surface area contributed by atoms with Gasteiger partial charge in [0.05, 0.1) is 5.56 Å². The van der Waals surface area contributed by atoms with E-state index < -0.39 is 11.7 Å². The molecular weight excluding hydrogens is 393 g/mol. The number of nitrogens with zero attached hydrogens (tertiary/aromatic N) is 1. The van der Waals surface area contributed by atoms with Crippen molar-refractivity contribution in [2.24, 2.45) is 0 Å². The van der Waals surface area contributed by atoms with Crippen molar-refractivity contribution in [2.45, 2.75) is 6.18 Å². The standard InChI is InChI=1S/C12H6ClF3INO/c13-10-5-7(12(14,15)16)6-18-11(10)19-9-3-1-8(17)2-4-9/h1-6H. The van der Waals surface area contributed by atoms with E-state index >= 15 is 0 Å². The van der Waals surface area contributed by atoms with Crippen LogP contribution in [0.5, 0.6) is 11.6 Å². The first kappa shape index (κ1) is 14.4. The highest BCUT2D eigenvalue weighted by Crippen LogP contribution is 2.34. The van der Waals surface area contributed by atoms with Gasteiger partial charge in [0.1, 0.15) is 10.8 Å². The second-order valence-electron chi connectivity index (χ2n) is 3.56. The normalized spacial score (nSPS) is 11.4. The van der Waals surface area contributed by atoms with Gasteiger partial charge in [-0.05, 0) is 52.9 Å². The van der Waals surface area contributed by atoms with Gasteiger partial charge in [-0.1, -0.05) is 11.6 Å². The average Bonchev–Trinajstić information content (AvgIpc) is 2.33. The minimum Gasteiger partial charge on any atom is -0.438 e. The first-order valence-electron chi connectivity index (χ1n) is 5.02. The summed E-state index contributed by atoms with van der Waals surface area (Å²) < 4.78 is 43.6. The fourth-order valence-electron chi connectivity index (χ4n) is 1.27. The minimum atomic E-state index is -4.47. The molecule has 0 saturated heterocycles. The molecule has 0 aliphatic carbocycles. The summed E-state index contributed by atoms with van der Waals surface area (Å²) in [5.74, 6) is 0.394. The molecule has 0 radical (unpaired) electrons. The molecule has 2 nitrogen and oxygen atoms in total. The van der Waals surface area contributed by atoms with Crippen molar-refractivity contribution in [1.29, 1.82) is 0 Å². The van der Waals surface area contributed by atoms with E-state index in [1.807, 2.05) is 0 Å². The van der Waals surface area contributed by atoms with E-state index in [0.717, 1.165) is 9.64 Å². The molecule has 0 fully saturated rings. The van der Waals surface area contributed by atoms with Gasteiger partial charge in [0.15, 0.2) is 0 Å². The van der Waals surface area contributed by atoms with E-state index in [2.05, 4.69) is 27.6 Å². The molecule has 1 aromatic heterocycles. The van der Waals surface area contributed by atoms with Crippen LogP contribution in [0.2, 0.25) is 5.02 Å². The lowest BCUT2D eigenvalue weighted by atomic mass is 10.3. The Labute approximate surface area is 125 Å². The molecule has 2 rings (SSSR count). The number of rotatable bonds is 2. The van der Waals surface area contributed by atoms with Gasteiger partial charge in [-0.25, -0.2) is 4.98 Å². The van der Waals surface area contributed by atoms with Crippen LogP contribution in [-0.4, -0.2) is 4.98 Å². The number of hydrogen-bond donors (Lipinski definition) is 0. The van der Waals surface area contributed by atoms with Crippen molar-refractivity contribution in [1.82, 2.24) is 4.98 Å². The molecule has 2 aromatic rings. The highest BCUT2D eigenvalue weighted by atomic mass is 127. The zero-order valence-corrected chi connectivity index (χ0v) is 12.1. The molecule has 1 heterocycles. The predicted octanol–water partition coefficient (Wildman–Crippen LogP) is 5.15. The Morgan fingerprint density at radius 1 is 1.16 bits per heavy atom. The smallest absolute Gasteiger partial charge is 0.417 e. The lowest BCUT2D eigenvalue weighted by Crippen LogP contribution is -2.05. The van der Waals surface area contributed by atoms with Gasteiger partial charge in [0.2, 0.25) is 5.88 Å². The van der Waals surface area contributed by atoms with Crippen molar-refractivity contribution in [3.05, 3.63) is 50.7 Å². The number of aromatic nitrogens is 1. The van der Waals surface area contributed by atoms with Gasteiger partial charge in [-0.2, -0.15) is 13.2 Å². The van der Waals surface area contributed by atoms with E-state index in [1.54, 1.807) is 24.3 Å². The molecule has 1 aromatic carbocycles. The Hall–Kier alpha value is -1.02. The van der Waals surface area contributed by atoms with Gasteiger partial charge in [0.25, 0.3) is 0 Å². The van der Waals surface area contributed by atoms with Crippen LogP contribution in [-0.2, 0) is 6.18 Å². The van der Waals surface area contributed by atoms with Gasteiger partial charge in [-0.3, -0.25) is 0 Å². The van der Waals surface area contributed by atoms with Crippen molar-refractivity contribution in [3.8, 4) is 11.6 Å². The van der Waals surface area contributed by atoms with E-state index in [4.69, 9.17) is 16.3 Å². The number of pyridine rings is 1. The summed E-state index contributed by atoms with van der Waals surface area (Å²) in [5.41, 5.74) is -0.910. The molecule has 0 spiro atoms. The molecule has 100 valence electrons. The van der Waals surface area contributed by atoms with Crippen LogP contribution in [0.4, 0.5) is 13.2 Å². The minimum absolute atomic E-state index is 0.0594. The summed E-state index contributed by atoms with van der Waals surface area (Å²) in [6, 6.07) is 7.74. The van der Waals surface area contributed by atoms with E-state index in [1.165, 1.54) is 0 Å². The van der Waals surface area contributed by atoms with E-state index in [9.17, 15) is 13.2 Å². The van der Waals surface area contributed by atoms with Crippen LogP contribution in [0.1, 0.15) is 5.56 Å². The molecule has 7 heteroatoms. The predicted molar refractivity (Wildman–Crippen MR) is 73.5 cm³/mol. The first-order chi connectivity index (χ1) is 8.86. The van der Waals surface area contributed by atoms with Crippen molar-refractivity contribution in [3.63, 3.8) is 0 Å². The maximum atomic E-state index is 12.4. The molecular formula is C12H6ClF3INO. The number of hydrogen-bond acceptors (Lipinski definition) is 2. The fraction of sp³-hybridized carbons (Fsp3) is 0.0833. The molecule has 0 aliphatic heterocycles. The Bertz CT molecular complexity index is 587. The zero-order chi connectivity index (χ0) is 14.0. The summed E-state index contributed by atoms with van der Waals surface area (Å²) in [5, 5.41) is -0.187. The van der Waals surface area contributed by atoms with Crippen LogP contribution in [0.25, 0.3) is 0 Å². The SMILES string of the molecule is FC(F)(F)c1cnc(Oc2ccc(I)cc2)c(Cl)c1. The van der Waals surface area contributed by atoms with Crippen LogP contribution in [0, 0.1) is 3.57 Å². The molecule has 0 amide bonds. The van der Waals surface area contributed by atoms with Gasteiger partial charge < -0.3 is 4.74 Å². The summed E-state index contributed by atoms with van der Waals surface area (Å²) in [6.45, 7) is 0. The Morgan fingerprint density at radius 2 is 1.79 bits per heavy atom. The zero-order valence-electron chi connectivity index (χ0n) is 9.21. The Kier molecular flexibility index (Phi) is 4.19. The average molecular weight is 400 g/mol. The summed E-state index contributed by atoms with van der Waals surface area (Å²) in [6.07, 6.45) is -3.79. The highest BCUT2D eigenvalue weighted by molar-refractivity contribution is 14.1. The molecule has 0 N–H and O–H groups in total. The maximum Gasteiger partial charge on any atom is 0.417 e. The third-order valence-corrected chi connectivity index (χ3v) is 3.15. The monoisotopic (exact) mass is 399 g/mol. The maximum absolute atomic E-state index is 12.4. The number of halogens is 5. The van der Waals surface area contributed by atoms with E-state index in [0.29, 0.717) is 11.9 Å². The van der Waals surface area contributed by atoms with Gasteiger partial charge in [0, 0.05) is 9.77 Å². The highest BCUT2D eigenvalue weighted by Gasteiger charge is 2.31. The Morgan fingerprint density at radius 3 is 2.32 bits per heavy atom. The quantitative estimate of drug-likeness (QED) is 0.652. The van der Waals surface area contributed by atoms with Crippen LogP contribution < -0.4 is 4.74 Å². The third-order valence-electron chi connectivity index (χ3n) is 2.16. The molecule has 19 heavy (non-hydrogen) atoms. The van der Waals surface area contributed by atoms with Crippen molar-refractivity contribution >= 4 is 34.2 Å². The van der Waals surface area contributed by atoms with Crippen molar-refractivity contribution < 1.29 is 17.9 Å². The van der Waals surface area contributed by atoms with Crippen LogP contribution >= 0.6 is 34.2 Å². The lowest BCUT2D eigenvalue weighted by molar-refractivity contribution is -0.137. The molecule has 0 unspecified atom stereocenters.